The average molecular weight is 230 g/mol. The summed E-state index contributed by atoms with van der Waals surface area (Å²) in [6.45, 7) is 6.53. The van der Waals surface area contributed by atoms with E-state index >= 15 is 0 Å². The Morgan fingerprint density at radius 2 is 2.18 bits per heavy atom. The minimum Gasteiger partial charge on any atom is -0.464 e. The molecule has 1 saturated heterocycles. The molecule has 0 atom stereocenters. The molecule has 0 aliphatic carbocycles. The number of nitrogens with zero attached hydrogens (tertiary/aromatic N) is 1. The molecule has 0 unspecified atom stereocenters. The fourth-order valence-corrected chi connectivity index (χ4v) is 2.40. The Balaban J connectivity index is 1.83. The lowest BCUT2D eigenvalue weighted by atomic mass is 10.1. The van der Waals surface area contributed by atoms with Crippen LogP contribution in [0.2, 0.25) is 0 Å². The first-order valence-electron chi connectivity index (χ1n) is 6.28. The Morgan fingerprint density at radius 1 is 1.35 bits per heavy atom. The molecule has 1 N–H and O–H groups in total. The maximum atomic E-state index is 5.58. The van der Waals surface area contributed by atoms with Crippen LogP contribution in [0.15, 0.2) is 34.9 Å². The van der Waals surface area contributed by atoms with Gasteiger partial charge in [0, 0.05) is 36.6 Å². The monoisotopic (exact) mass is 230 g/mol. The van der Waals surface area contributed by atoms with E-state index in [1.54, 1.807) is 0 Å². The van der Waals surface area contributed by atoms with E-state index in [4.69, 9.17) is 4.42 Å². The molecule has 3 rings (SSSR count). The third-order valence-corrected chi connectivity index (χ3v) is 3.62. The van der Waals surface area contributed by atoms with Crippen molar-refractivity contribution in [2.75, 3.05) is 19.6 Å². The van der Waals surface area contributed by atoms with E-state index in [-0.39, 0.29) is 0 Å². The molecule has 2 aromatic rings. The van der Waals surface area contributed by atoms with Gasteiger partial charge in [0.2, 0.25) is 0 Å². The summed E-state index contributed by atoms with van der Waals surface area (Å²) in [5, 5.41) is 4.58. The van der Waals surface area contributed by atoms with Crippen LogP contribution >= 0.6 is 0 Å². The van der Waals surface area contributed by atoms with Gasteiger partial charge in [-0.2, -0.15) is 0 Å². The molecule has 1 aliphatic heterocycles. The zero-order chi connectivity index (χ0) is 11.7. The van der Waals surface area contributed by atoms with Crippen LogP contribution in [0.4, 0.5) is 0 Å². The number of para-hydroxylation sites is 1. The topological polar surface area (TPSA) is 28.4 Å². The van der Waals surface area contributed by atoms with Crippen LogP contribution in [0.5, 0.6) is 0 Å². The number of furan rings is 1. The maximum Gasteiger partial charge on any atom is 0.134 e. The molecule has 1 aliphatic rings. The zero-order valence-corrected chi connectivity index (χ0v) is 10.1. The predicted octanol–water partition coefficient (Wildman–Crippen LogP) is 2.23. The normalized spacial score (nSPS) is 16.6. The summed E-state index contributed by atoms with van der Waals surface area (Å²) < 4.78 is 5.58. The molecule has 0 radical (unpaired) electrons. The van der Waals surface area contributed by atoms with Gasteiger partial charge in [0.25, 0.3) is 0 Å². The molecular weight excluding hydrogens is 212 g/mol. The summed E-state index contributed by atoms with van der Waals surface area (Å²) >= 11 is 0. The van der Waals surface area contributed by atoms with Crippen molar-refractivity contribution in [3.8, 4) is 0 Å². The molecular formula is C14H18N2O. The van der Waals surface area contributed by atoms with Crippen molar-refractivity contribution in [3.63, 3.8) is 0 Å². The maximum absolute atomic E-state index is 5.58. The van der Waals surface area contributed by atoms with Crippen LogP contribution in [0.25, 0.3) is 11.0 Å². The van der Waals surface area contributed by atoms with Gasteiger partial charge >= 0.3 is 0 Å². The standard InChI is InChI=1S/C14H18N2O/c1-2-16(12-7-15-8-12)9-11-10-17-14-6-4-3-5-13(11)14/h3-6,10,12,15H,2,7-9H2,1H3. The van der Waals surface area contributed by atoms with Gasteiger partial charge in [-0.25, -0.2) is 0 Å². The number of hydrogen-bond donors (Lipinski definition) is 1. The van der Waals surface area contributed by atoms with Gasteiger partial charge in [-0.3, -0.25) is 4.90 Å². The van der Waals surface area contributed by atoms with Crippen LogP contribution in [0.1, 0.15) is 12.5 Å². The summed E-state index contributed by atoms with van der Waals surface area (Å²) in [4.78, 5) is 2.51. The summed E-state index contributed by atoms with van der Waals surface area (Å²) in [7, 11) is 0. The highest BCUT2D eigenvalue weighted by molar-refractivity contribution is 5.80. The predicted molar refractivity (Wildman–Crippen MR) is 69.0 cm³/mol. The van der Waals surface area contributed by atoms with Crippen molar-refractivity contribution in [3.05, 3.63) is 36.1 Å². The average Bonchev–Trinajstić information content (AvgIpc) is 2.69. The van der Waals surface area contributed by atoms with Crippen LogP contribution in [-0.4, -0.2) is 30.6 Å². The molecule has 90 valence electrons. The minimum absolute atomic E-state index is 0.689. The SMILES string of the molecule is CCN(Cc1coc2ccccc12)C1CNC1. The lowest BCUT2D eigenvalue weighted by Gasteiger charge is -2.37. The fraction of sp³-hybridized carbons (Fsp3) is 0.429. The van der Waals surface area contributed by atoms with Gasteiger partial charge in [-0.05, 0) is 12.6 Å². The van der Waals surface area contributed by atoms with Gasteiger partial charge in [0.05, 0.1) is 6.26 Å². The Kier molecular flexibility index (Phi) is 2.87. The van der Waals surface area contributed by atoms with Crippen molar-refractivity contribution in [2.24, 2.45) is 0 Å². The fourth-order valence-electron chi connectivity index (χ4n) is 2.40. The summed E-state index contributed by atoms with van der Waals surface area (Å²) in [5.74, 6) is 0. The smallest absolute Gasteiger partial charge is 0.134 e. The number of hydrogen-bond acceptors (Lipinski definition) is 3. The van der Waals surface area contributed by atoms with Crippen LogP contribution in [0.3, 0.4) is 0 Å². The molecule has 1 aromatic heterocycles. The number of benzene rings is 1. The second-order valence-electron chi connectivity index (χ2n) is 4.63. The number of fused-ring (bicyclic) bond motifs is 1. The molecule has 1 fully saturated rings. The highest BCUT2D eigenvalue weighted by Gasteiger charge is 2.24. The molecule has 0 spiro atoms. The number of likely N-dealkylation sites (N-methyl/N-ethyl adjacent to an activating group) is 1. The van der Waals surface area contributed by atoms with Crippen molar-refractivity contribution in [1.82, 2.24) is 10.2 Å². The van der Waals surface area contributed by atoms with Crippen molar-refractivity contribution < 1.29 is 4.42 Å². The van der Waals surface area contributed by atoms with Crippen LogP contribution in [0, 0.1) is 0 Å². The summed E-state index contributed by atoms with van der Waals surface area (Å²) in [5.41, 5.74) is 2.29. The Morgan fingerprint density at radius 3 is 2.88 bits per heavy atom. The Labute approximate surface area is 101 Å². The highest BCUT2D eigenvalue weighted by atomic mass is 16.3. The second-order valence-corrected chi connectivity index (χ2v) is 4.63. The van der Waals surface area contributed by atoms with Crippen LogP contribution in [-0.2, 0) is 6.54 Å². The Bertz CT molecular complexity index is 502. The highest BCUT2D eigenvalue weighted by Crippen LogP contribution is 2.23. The van der Waals surface area contributed by atoms with Gasteiger partial charge < -0.3 is 9.73 Å². The van der Waals surface area contributed by atoms with E-state index < -0.39 is 0 Å². The van der Waals surface area contributed by atoms with Gasteiger partial charge in [-0.15, -0.1) is 0 Å². The van der Waals surface area contributed by atoms with E-state index in [9.17, 15) is 0 Å². The summed E-state index contributed by atoms with van der Waals surface area (Å²) in [6, 6.07) is 8.95. The third kappa shape index (κ3) is 1.96. The van der Waals surface area contributed by atoms with E-state index in [0.717, 1.165) is 31.8 Å². The first-order valence-corrected chi connectivity index (χ1v) is 6.28. The van der Waals surface area contributed by atoms with Crippen LogP contribution < -0.4 is 5.32 Å². The lowest BCUT2D eigenvalue weighted by molar-refractivity contribution is 0.145. The van der Waals surface area contributed by atoms with E-state index in [1.165, 1.54) is 10.9 Å². The molecule has 1 aromatic carbocycles. The minimum atomic E-state index is 0.689. The van der Waals surface area contributed by atoms with E-state index in [1.807, 2.05) is 18.4 Å². The van der Waals surface area contributed by atoms with Gasteiger partial charge in [0.1, 0.15) is 5.58 Å². The largest absolute Gasteiger partial charge is 0.464 e. The Hall–Kier alpha value is -1.32. The van der Waals surface area contributed by atoms with Gasteiger partial charge in [-0.1, -0.05) is 25.1 Å². The van der Waals surface area contributed by atoms with Crippen molar-refractivity contribution in [1.29, 1.82) is 0 Å². The van der Waals surface area contributed by atoms with Gasteiger partial charge in [0.15, 0.2) is 0 Å². The molecule has 0 bridgehead atoms. The zero-order valence-electron chi connectivity index (χ0n) is 10.1. The summed E-state index contributed by atoms with van der Waals surface area (Å²) in [6.07, 6.45) is 1.90. The molecule has 3 nitrogen and oxygen atoms in total. The molecule has 3 heteroatoms. The second kappa shape index (κ2) is 4.51. The van der Waals surface area contributed by atoms with E-state index in [2.05, 4.69) is 29.3 Å². The number of nitrogens with one attached hydrogen (secondary N) is 1. The molecule has 0 amide bonds. The molecule has 17 heavy (non-hydrogen) atoms. The van der Waals surface area contributed by atoms with Crippen molar-refractivity contribution >= 4 is 11.0 Å². The first kappa shape index (κ1) is 10.8. The lowest BCUT2D eigenvalue weighted by Crippen LogP contribution is -2.56. The molecule has 2 heterocycles. The quantitative estimate of drug-likeness (QED) is 0.873. The number of rotatable bonds is 4. The van der Waals surface area contributed by atoms with E-state index in [0.29, 0.717) is 6.04 Å². The van der Waals surface area contributed by atoms with Crippen molar-refractivity contribution in [2.45, 2.75) is 19.5 Å². The molecule has 0 saturated carbocycles. The first-order chi connectivity index (χ1) is 8.38. The third-order valence-electron chi connectivity index (χ3n) is 3.62.